The zero-order chi connectivity index (χ0) is 15.4. The highest BCUT2D eigenvalue weighted by Crippen LogP contribution is 2.33. The molecule has 0 fully saturated rings. The first-order chi connectivity index (χ1) is 10.0. The highest BCUT2D eigenvalue weighted by atomic mass is 35.5. The molecule has 0 amide bonds. The normalized spacial score (nSPS) is 10.9. The van der Waals surface area contributed by atoms with Gasteiger partial charge in [0.25, 0.3) is 0 Å². The lowest BCUT2D eigenvalue weighted by molar-refractivity contribution is 0.104. The van der Waals surface area contributed by atoms with Crippen LogP contribution in [0.5, 0.6) is 11.6 Å². The topological polar surface area (TPSA) is 39.2 Å². The molecule has 0 atom stereocenters. The SMILES string of the molecule is C/C=C/C(=O)c1ccc(Oc2nc(Cl)c(Cl)cc2Cl)cc1. The van der Waals surface area contributed by atoms with Gasteiger partial charge in [-0.25, -0.2) is 0 Å². The van der Waals surface area contributed by atoms with E-state index in [-0.39, 0.29) is 26.9 Å². The second kappa shape index (κ2) is 6.94. The molecule has 0 radical (unpaired) electrons. The van der Waals surface area contributed by atoms with Crippen molar-refractivity contribution in [2.75, 3.05) is 0 Å². The number of ketones is 1. The number of halogens is 3. The zero-order valence-electron chi connectivity index (χ0n) is 10.9. The predicted molar refractivity (Wildman–Crippen MR) is 84.9 cm³/mol. The lowest BCUT2D eigenvalue weighted by Crippen LogP contribution is -1.94. The molecule has 2 rings (SSSR count). The maximum absolute atomic E-state index is 11.7. The molecule has 1 aromatic carbocycles. The van der Waals surface area contributed by atoms with Gasteiger partial charge < -0.3 is 4.74 Å². The van der Waals surface area contributed by atoms with E-state index in [1.165, 1.54) is 12.1 Å². The number of ether oxygens (including phenoxy) is 1. The summed E-state index contributed by atoms with van der Waals surface area (Å²) in [5.41, 5.74) is 0.564. The monoisotopic (exact) mass is 341 g/mol. The van der Waals surface area contributed by atoms with E-state index in [1.54, 1.807) is 37.3 Å². The maximum atomic E-state index is 11.7. The molecule has 2 aromatic rings. The van der Waals surface area contributed by atoms with E-state index >= 15 is 0 Å². The second-order valence-corrected chi connectivity index (χ2v) is 5.21. The fraction of sp³-hybridized carbons (Fsp3) is 0.0667. The summed E-state index contributed by atoms with van der Waals surface area (Å²) in [5, 5.41) is 0.607. The Morgan fingerprint density at radius 3 is 2.43 bits per heavy atom. The Morgan fingerprint density at radius 1 is 1.14 bits per heavy atom. The second-order valence-electron chi connectivity index (χ2n) is 4.04. The number of allylic oxidation sites excluding steroid dienone is 2. The van der Waals surface area contributed by atoms with E-state index < -0.39 is 0 Å². The fourth-order valence-corrected chi connectivity index (χ4v) is 2.08. The summed E-state index contributed by atoms with van der Waals surface area (Å²) in [6.07, 6.45) is 3.18. The van der Waals surface area contributed by atoms with E-state index in [9.17, 15) is 4.79 Å². The van der Waals surface area contributed by atoms with Crippen molar-refractivity contribution in [2.45, 2.75) is 6.92 Å². The Kier molecular flexibility index (Phi) is 5.23. The van der Waals surface area contributed by atoms with Crippen LogP contribution in [0.3, 0.4) is 0 Å². The molecule has 0 spiro atoms. The Morgan fingerprint density at radius 2 is 1.81 bits per heavy atom. The van der Waals surface area contributed by atoms with Gasteiger partial charge in [0.1, 0.15) is 10.8 Å². The number of carbonyl (C=O) groups is 1. The third-order valence-corrected chi connectivity index (χ3v) is 3.47. The van der Waals surface area contributed by atoms with Crippen LogP contribution in [0.25, 0.3) is 0 Å². The van der Waals surface area contributed by atoms with E-state index in [1.807, 2.05) is 0 Å². The quantitative estimate of drug-likeness (QED) is 0.413. The number of nitrogens with zero attached hydrogens (tertiary/aromatic N) is 1. The van der Waals surface area contributed by atoms with E-state index in [0.29, 0.717) is 11.3 Å². The zero-order valence-corrected chi connectivity index (χ0v) is 13.2. The van der Waals surface area contributed by atoms with Crippen LogP contribution in [-0.4, -0.2) is 10.8 Å². The molecule has 0 saturated heterocycles. The first kappa shape index (κ1) is 15.8. The molecule has 21 heavy (non-hydrogen) atoms. The number of hydrogen-bond acceptors (Lipinski definition) is 3. The van der Waals surface area contributed by atoms with Gasteiger partial charge >= 0.3 is 0 Å². The highest BCUT2D eigenvalue weighted by molar-refractivity contribution is 6.42. The van der Waals surface area contributed by atoms with Gasteiger partial charge in [-0.2, -0.15) is 4.98 Å². The van der Waals surface area contributed by atoms with Gasteiger partial charge in [-0.3, -0.25) is 4.79 Å². The minimum atomic E-state index is -0.0743. The van der Waals surface area contributed by atoms with Crippen LogP contribution >= 0.6 is 34.8 Å². The van der Waals surface area contributed by atoms with Crippen molar-refractivity contribution in [2.24, 2.45) is 0 Å². The first-order valence-electron chi connectivity index (χ1n) is 5.97. The lowest BCUT2D eigenvalue weighted by atomic mass is 10.1. The summed E-state index contributed by atoms with van der Waals surface area (Å²) in [6.45, 7) is 1.79. The number of pyridine rings is 1. The van der Waals surface area contributed by atoms with Crippen molar-refractivity contribution in [3.63, 3.8) is 0 Å². The van der Waals surface area contributed by atoms with Crippen molar-refractivity contribution in [3.05, 3.63) is 63.2 Å². The number of benzene rings is 1. The molecule has 0 bridgehead atoms. The molecule has 3 nitrogen and oxygen atoms in total. The van der Waals surface area contributed by atoms with Crippen molar-refractivity contribution in [3.8, 4) is 11.6 Å². The standard InChI is InChI=1S/C15H10Cl3NO2/c1-2-3-13(20)9-4-6-10(7-5-9)21-15-12(17)8-11(16)14(18)19-15/h2-8H,1H3/b3-2+. The van der Waals surface area contributed by atoms with Gasteiger partial charge in [0.15, 0.2) is 10.9 Å². The summed E-state index contributed by atoms with van der Waals surface area (Å²) in [6, 6.07) is 8.07. The molecule has 0 aliphatic rings. The predicted octanol–water partition coefficient (Wildman–Crippen LogP) is 5.59. The minimum absolute atomic E-state index is 0.0743. The fourth-order valence-electron chi connectivity index (χ4n) is 1.55. The van der Waals surface area contributed by atoms with Crippen LogP contribution in [0.1, 0.15) is 17.3 Å². The Hall–Kier alpha value is -1.55. The van der Waals surface area contributed by atoms with E-state index in [4.69, 9.17) is 39.5 Å². The lowest BCUT2D eigenvalue weighted by Gasteiger charge is -2.08. The number of rotatable bonds is 4. The van der Waals surface area contributed by atoms with Crippen molar-refractivity contribution < 1.29 is 9.53 Å². The van der Waals surface area contributed by atoms with Crippen LogP contribution in [0.2, 0.25) is 15.2 Å². The van der Waals surface area contributed by atoms with Crippen LogP contribution in [0, 0.1) is 0 Å². The number of aromatic nitrogens is 1. The average molecular weight is 343 g/mol. The summed E-state index contributed by atoms with van der Waals surface area (Å²) in [4.78, 5) is 15.6. The van der Waals surface area contributed by atoms with E-state index in [0.717, 1.165) is 0 Å². The van der Waals surface area contributed by atoms with Gasteiger partial charge in [0, 0.05) is 5.56 Å². The highest BCUT2D eigenvalue weighted by Gasteiger charge is 2.10. The van der Waals surface area contributed by atoms with Gasteiger partial charge in [-0.15, -0.1) is 0 Å². The van der Waals surface area contributed by atoms with Crippen molar-refractivity contribution >= 4 is 40.6 Å². The average Bonchev–Trinajstić information content (AvgIpc) is 2.46. The molecule has 0 aliphatic heterocycles. The van der Waals surface area contributed by atoms with Crippen molar-refractivity contribution in [1.29, 1.82) is 0 Å². The molecule has 0 saturated carbocycles. The van der Waals surface area contributed by atoms with Gasteiger partial charge in [0.05, 0.1) is 5.02 Å². The van der Waals surface area contributed by atoms with Gasteiger partial charge in [-0.05, 0) is 43.3 Å². The van der Waals surface area contributed by atoms with Gasteiger partial charge in [-0.1, -0.05) is 40.9 Å². The Bertz CT molecular complexity index is 697. The molecular weight excluding hydrogens is 333 g/mol. The summed E-state index contributed by atoms with van der Waals surface area (Å²) in [5.74, 6) is 0.563. The Balaban J connectivity index is 2.21. The number of hydrogen-bond donors (Lipinski definition) is 0. The summed E-state index contributed by atoms with van der Waals surface area (Å²) < 4.78 is 5.52. The smallest absolute Gasteiger partial charge is 0.239 e. The molecule has 108 valence electrons. The third kappa shape index (κ3) is 3.97. The molecule has 6 heteroatoms. The molecular formula is C15H10Cl3NO2. The molecule has 0 aliphatic carbocycles. The van der Waals surface area contributed by atoms with Crippen LogP contribution in [0.4, 0.5) is 0 Å². The number of carbonyl (C=O) groups excluding carboxylic acids is 1. The first-order valence-corrected chi connectivity index (χ1v) is 7.11. The third-order valence-electron chi connectivity index (χ3n) is 2.53. The minimum Gasteiger partial charge on any atom is -0.437 e. The van der Waals surface area contributed by atoms with Crippen LogP contribution in [-0.2, 0) is 0 Å². The van der Waals surface area contributed by atoms with Crippen LogP contribution in [0.15, 0.2) is 42.5 Å². The molecule has 1 aromatic heterocycles. The van der Waals surface area contributed by atoms with E-state index in [2.05, 4.69) is 4.98 Å². The van der Waals surface area contributed by atoms with Gasteiger partial charge in [0.2, 0.25) is 5.88 Å². The molecule has 1 heterocycles. The molecule has 0 unspecified atom stereocenters. The van der Waals surface area contributed by atoms with Crippen LogP contribution < -0.4 is 4.74 Å². The summed E-state index contributed by atoms with van der Waals surface area (Å²) >= 11 is 17.6. The Labute approximate surface area is 137 Å². The maximum Gasteiger partial charge on any atom is 0.239 e. The van der Waals surface area contributed by atoms with Crippen molar-refractivity contribution in [1.82, 2.24) is 4.98 Å². The largest absolute Gasteiger partial charge is 0.437 e. The summed E-state index contributed by atoms with van der Waals surface area (Å²) in [7, 11) is 0. The molecule has 0 N–H and O–H groups in total.